The van der Waals surface area contributed by atoms with E-state index < -0.39 is 72.2 Å². The molecule has 50 heavy (non-hydrogen) atoms. The normalized spacial score (nSPS) is 33.7. The van der Waals surface area contributed by atoms with Crippen molar-refractivity contribution in [3.63, 3.8) is 0 Å². The van der Waals surface area contributed by atoms with Crippen LogP contribution in [0.4, 0.5) is 0 Å². The van der Waals surface area contributed by atoms with Gasteiger partial charge in [0.1, 0.15) is 18.3 Å². The van der Waals surface area contributed by atoms with Crippen LogP contribution in [0.1, 0.15) is 74.7 Å². The molecular formula is C38H58O12. The van der Waals surface area contributed by atoms with Crippen molar-refractivity contribution in [3.8, 4) is 0 Å². The lowest BCUT2D eigenvalue weighted by Crippen LogP contribution is -2.58. The minimum absolute atomic E-state index is 0.0440. The molecule has 1 saturated heterocycles. The second-order valence-corrected chi connectivity index (χ2v) is 13.9. The van der Waals surface area contributed by atoms with E-state index >= 15 is 0 Å². The van der Waals surface area contributed by atoms with E-state index in [1.165, 1.54) is 20.3 Å². The van der Waals surface area contributed by atoms with Gasteiger partial charge in [0.25, 0.3) is 0 Å². The summed E-state index contributed by atoms with van der Waals surface area (Å²) in [5.41, 5.74) is 1.70. The Morgan fingerprint density at radius 2 is 1.80 bits per heavy atom. The first-order chi connectivity index (χ1) is 23.4. The summed E-state index contributed by atoms with van der Waals surface area (Å²) in [6, 6.07) is 0. The predicted octanol–water partition coefficient (Wildman–Crippen LogP) is 4.64. The van der Waals surface area contributed by atoms with E-state index in [9.17, 15) is 29.7 Å². The van der Waals surface area contributed by atoms with Crippen LogP contribution in [0.2, 0.25) is 0 Å². The molecule has 2 heterocycles. The Hall–Kier alpha value is -3.29. The van der Waals surface area contributed by atoms with Crippen molar-refractivity contribution in [2.45, 2.75) is 117 Å². The smallest absolute Gasteiger partial charge is 0.373 e. The van der Waals surface area contributed by atoms with Crippen LogP contribution >= 0.6 is 0 Å². The Kier molecular flexibility index (Phi) is 16.6. The van der Waals surface area contributed by atoms with Gasteiger partial charge in [-0.3, -0.25) is 0 Å². The summed E-state index contributed by atoms with van der Waals surface area (Å²) in [7, 11) is 2.80. The molecule has 2 rings (SSSR count). The van der Waals surface area contributed by atoms with E-state index in [1.807, 2.05) is 46.8 Å². The molecule has 0 aliphatic carbocycles. The highest BCUT2D eigenvalue weighted by atomic mass is 16.6. The molecule has 0 aromatic rings. The molecular weight excluding hydrogens is 648 g/mol. The minimum atomic E-state index is -1.97. The highest BCUT2D eigenvalue weighted by Gasteiger charge is 2.52. The predicted molar refractivity (Wildman–Crippen MR) is 186 cm³/mol. The molecule has 12 heteroatoms. The first-order valence-electron chi connectivity index (χ1n) is 17.3. The number of ether oxygens (including phenoxy) is 5. The molecule has 0 bridgehead atoms. The highest BCUT2D eigenvalue weighted by Crippen LogP contribution is 2.41. The average molecular weight is 707 g/mol. The summed E-state index contributed by atoms with van der Waals surface area (Å²) in [4.78, 5) is 36.9. The number of allylic oxidation sites excluding steroid dienone is 5. The van der Waals surface area contributed by atoms with Crippen LogP contribution in [-0.2, 0) is 38.1 Å². The van der Waals surface area contributed by atoms with Crippen molar-refractivity contribution in [2.75, 3.05) is 14.2 Å². The first kappa shape index (κ1) is 42.9. The van der Waals surface area contributed by atoms with Crippen LogP contribution < -0.4 is 0 Å². The van der Waals surface area contributed by atoms with Crippen molar-refractivity contribution in [2.24, 2.45) is 29.6 Å². The van der Waals surface area contributed by atoms with E-state index in [-0.39, 0.29) is 29.9 Å². The van der Waals surface area contributed by atoms with Gasteiger partial charge in [-0.1, -0.05) is 77.0 Å². The number of rotatable bonds is 10. The van der Waals surface area contributed by atoms with Crippen LogP contribution in [0, 0.1) is 29.6 Å². The summed E-state index contributed by atoms with van der Waals surface area (Å²) in [6.45, 7) is 14.6. The second kappa shape index (κ2) is 19.4. The number of carboxylic acids is 1. The lowest BCUT2D eigenvalue weighted by Gasteiger charge is -2.49. The van der Waals surface area contributed by atoms with Crippen molar-refractivity contribution in [3.05, 3.63) is 59.4 Å². The zero-order valence-corrected chi connectivity index (χ0v) is 31.1. The topological polar surface area (TPSA) is 178 Å². The van der Waals surface area contributed by atoms with Crippen LogP contribution in [0.5, 0.6) is 0 Å². The number of carbonyl (C=O) groups excluding carboxylic acids is 2. The summed E-state index contributed by atoms with van der Waals surface area (Å²) >= 11 is 0. The van der Waals surface area contributed by atoms with E-state index in [0.29, 0.717) is 24.5 Å². The fourth-order valence-electron chi connectivity index (χ4n) is 6.76. The maximum absolute atomic E-state index is 13.6. The van der Waals surface area contributed by atoms with Crippen LogP contribution in [-0.4, -0.2) is 95.0 Å². The fraction of sp³-hybridized carbons (Fsp3) is 0.658. The maximum Gasteiger partial charge on any atom is 0.373 e. The van der Waals surface area contributed by atoms with Gasteiger partial charge in [-0.05, 0) is 38.7 Å². The van der Waals surface area contributed by atoms with Crippen molar-refractivity contribution >= 4 is 17.9 Å². The molecule has 12 atom stereocenters. The molecule has 2 aliphatic heterocycles. The maximum atomic E-state index is 13.6. The largest absolute Gasteiger partial charge is 0.490 e. The minimum Gasteiger partial charge on any atom is -0.490 e. The number of carboxylic acid groups (broad SMARTS) is 1. The summed E-state index contributed by atoms with van der Waals surface area (Å²) in [5, 5.41) is 43.6. The third-order valence-electron chi connectivity index (χ3n) is 9.93. The van der Waals surface area contributed by atoms with E-state index in [4.69, 9.17) is 28.8 Å². The first-order valence-corrected chi connectivity index (χ1v) is 17.3. The van der Waals surface area contributed by atoms with Crippen molar-refractivity contribution < 1.29 is 58.5 Å². The molecule has 0 radical (unpaired) electrons. The lowest BCUT2D eigenvalue weighted by molar-refractivity contribution is -0.323. The molecule has 2 aliphatic rings. The van der Waals surface area contributed by atoms with Gasteiger partial charge in [0.05, 0.1) is 25.4 Å². The van der Waals surface area contributed by atoms with Crippen LogP contribution in [0.25, 0.3) is 0 Å². The molecule has 0 aromatic heterocycles. The molecule has 4 N–H and O–H groups in total. The van der Waals surface area contributed by atoms with Gasteiger partial charge in [0, 0.05) is 49.4 Å². The molecule has 282 valence electrons. The molecule has 0 aromatic carbocycles. The number of carbonyl (C=O) groups is 3. The van der Waals surface area contributed by atoms with Gasteiger partial charge < -0.3 is 44.1 Å². The quantitative estimate of drug-likeness (QED) is 0.183. The lowest BCUT2D eigenvalue weighted by atomic mass is 9.77. The summed E-state index contributed by atoms with van der Waals surface area (Å²) < 4.78 is 28.9. The van der Waals surface area contributed by atoms with Gasteiger partial charge in [0.2, 0.25) is 5.76 Å². The Bertz CT molecular complexity index is 1310. The highest BCUT2D eigenvalue weighted by molar-refractivity contribution is 5.90. The van der Waals surface area contributed by atoms with Crippen molar-refractivity contribution in [1.82, 2.24) is 0 Å². The van der Waals surface area contributed by atoms with Crippen LogP contribution in [0.3, 0.4) is 0 Å². The summed E-state index contributed by atoms with van der Waals surface area (Å²) in [5.74, 6) is -7.48. The number of aliphatic hydroxyl groups excluding tert-OH is 2. The number of aliphatic carboxylic acids is 1. The van der Waals surface area contributed by atoms with Gasteiger partial charge in [-0.25, -0.2) is 14.4 Å². The average Bonchev–Trinajstić information content (AvgIpc) is 3.06. The monoisotopic (exact) mass is 706 g/mol. The standard InChI is InChI=1S/C38H58O12/c1-11-28-25(6)31(48-33(41)16-15-32(39)40)20-38(45,50-28)27(8)35(43)26(7)36-29(46-9)14-12-13-21(2)17-23(4)34(42)24(5)18-22(3)19-30(47-10)37(44)49-36/h12-16,18-19,23-29,31,34-36,42-43,45H,11,17,20H2,1-10H3,(H,39,40)/b14-12?,16-15+,21-13?,22-18?,30-19?/t23-,24+,25+,26-,27-,28+,29-,31+,34-,35+,36?,38+/m0/s1. The van der Waals surface area contributed by atoms with Gasteiger partial charge in [-0.2, -0.15) is 0 Å². The number of esters is 2. The van der Waals surface area contributed by atoms with E-state index in [1.54, 1.807) is 32.9 Å². The molecule has 0 amide bonds. The van der Waals surface area contributed by atoms with E-state index in [2.05, 4.69) is 0 Å². The number of cyclic esters (lactones) is 1. The van der Waals surface area contributed by atoms with Gasteiger partial charge in [-0.15, -0.1) is 0 Å². The number of methoxy groups -OCH3 is 2. The molecule has 0 spiro atoms. The summed E-state index contributed by atoms with van der Waals surface area (Å²) in [6.07, 6.45) is 5.90. The van der Waals surface area contributed by atoms with Crippen molar-refractivity contribution in [1.29, 1.82) is 0 Å². The molecule has 12 nitrogen and oxygen atoms in total. The number of hydrogen-bond acceptors (Lipinski definition) is 11. The van der Waals surface area contributed by atoms with Gasteiger partial charge >= 0.3 is 17.9 Å². The van der Waals surface area contributed by atoms with Crippen LogP contribution in [0.15, 0.2) is 59.4 Å². The third-order valence-corrected chi connectivity index (χ3v) is 9.93. The zero-order valence-electron chi connectivity index (χ0n) is 31.1. The Balaban J connectivity index is 2.52. The number of hydrogen-bond donors (Lipinski definition) is 4. The van der Waals surface area contributed by atoms with Gasteiger partial charge in [0.15, 0.2) is 5.79 Å². The third kappa shape index (κ3) is 11.6. The SMILES string of the molecule is CC[C@H]1O[C@@](O)([C@@H](C)[C@H](O)[C@H](C)C2OC(=O)C(OC)=CC(C)=C[C@@H](C)[C@@H](O)[C@@H](C)CC(C)=CC=C[C@@H]2OC)C[C@@H](OC(=O)/C=C/C(=O)O)[C@@H]1C. The second-order valence-electron chi connectivity index (χ2n) is 13.9. The molecule has 1 unspecified atom stereocenters. The van der Waals surface area contributed by atoms with E-state index in [0.717, 1.165) is 11.6 Å². The zero-order chi connectivity index (χ0) is 37.9. The number of aliphatic hydroxyl groups is 3. The molecule has 1 fully saturated rings. The Morgan fingerprint density at radius 1 is 1.14 bits per heavy atom. The fourth-order valence-corrected chi connectivity index (χ4v) is 6.76. The Labute approximate surface area is 296 Å². The molecule has 0 saturated carbocycles. The Morgan fingerprint density at radius 3 is 2.38 bits per heavy atom.